The lowest BCUT2D eigenvalue weighted by Crippen LogP contribution is -2.34. The molecule has 0 heterocycles. The van der Waals surface area contributed by atoms with Gasteiger partial charge in [0.05, 0.1) is 7.11 Å². The van der Waals surface area contributed by atoms with Gasteiger partial charge in [-0.2, -0.15) is 0 Å². The SMILES string of the molecule is CCCC(C)C(Cc1ccc(OC)c(F)c1)NC. The van der Waals surface area contributed by atoms with Crippen molar-refractivity contribution in [1.82, 2.24) is 5.32 Å². The van der Waals surface area contributed by atoms with E-state index in [1.165, 1.54) is 20.0 Å². The maximum absolute atomic E-state index is 13.6. The van der Waals surface area contributed by atoms with Crippen molar-refractivity contribution in [1.29, 1.82) is 0 Å². The summed E-state index contributed by atoms with van der Waals surface area (Å²) < 4.78 is 18.5. The Labute approximate surface area is 110 Å². The normalized spacial score (nSPS) is 14.3. The predicted octanol–water partition coefficient (Wildman–Crippen LogP) is 3.40. The molecule has 2 atom stereocenters. The van der Waals surface area contributed by atoms with Gasteiger partial charge in [0.1, 0.15) is 0 Å². The van der Waals surface area contributed by atoms with Crippen LogP contribution in [-0.4, -0.2) is 20.2 Å². The van der Waals surface area contributed by atoms with E-state index in [9.17, 15) is 4.39 Å². The van der Waals surface area contributed by atoms with E-state index in [0.717, 1.165) is 12.0 Å². The van der Waals surface area contributed by atoms with Crippen LogP contribution in [0.25, 0.3) is 0 Å². The largest absolute Gasteiger partial charge is 0.494 e. The molecular formula is C15H24FNO. The van der Waals surface area contributed by atoms with Crippen LogP contribution in [0.1, 0.15) is 32.3 Å². The second-order valence-corrected chi connectivity index (χ2v) is 4.83. The molecule has 0 saturated carbocycles. The van der Waals surface area contributed by atoms with Crippen molar-refractivity contribution >= 4 is 0 Å². The average molecular weight is 253 g/mol. The number of methoxy groups -OCH3 is 1. The van der Waals surface area contributed by atoms with Crippen LogP contribution in [0.4, 0.5) is 4.39 Å². The van der Waals surface area contributed by atoms with Crippen LogP contribution < -0.4 is 10.1 Å². The van der Waals surface area contributed by atoms with Crippen molar-refractivity contribution in [3.63, 3.8) is 0 Å². The predicted molar refractivity (Wildman–Crippen MR) is 73.6 cm³/mol. The molecule has 1 aromatic rings. The Morgan fingerprint density at radius 3 is 2.61 bits per heavy atom. The number of ether oxygens (including phenoxy) is 1. The molecule has 0 fully saturated rings. The van der Waals surface area contributed by atoms with Crippen LogP contribution >= 0.6 is 0 Å². The minimum atomic E-state index is -0.284. The lowest BCUT2D eigenvalue weighted by Gasteiger charge is -2.23. The van der Waals surface area contributed by atoms with Crippen molar-refractivity contribution in [2.24, 2.45) is 5.92 Å². The first-order valence-electron chi connectivity index (χ1n) is 6.62. The Morgan fingerprint density at radius 2 is 2.11 bits per heavy atom. The molecule has 0 aliphatic heterocycles. The molecule has 2 unspecified atom stereocenters. The smallest absolute Gasteiger partial charge is 0.165 e. The highest BCUT2D eigenvalue weighted by Gasteiger charge is 2.16. The Bertz CT molecular complexity index is 368. The van der Waals surface area contributed by atoms with Crippen LogP contribution in [0.3, 0.4) is 0 Å². The van der Waals surface area contributed by atoms with Crippen LogP contribution in [0.5, 0.6) is 5.75 Å². The zero-order valence-electron chi connectivity index (χ0n) is 11.8. The van der Waals surface area contributed by atoms with Crippen LogP contribution in [0.15, 0.2) is 18.2 Å². The second-order valence-electron chi connectivity index (χ2n) is 4.83. The quantitative estimate of drug-likeness (QED) is 0.804. The van der Waals surface area contributed by atoms with E-state index in [-0.39, 0.29) is 5.82 Å². The Balaban J connectivity index is 2.72. The molecule has 0 aliphatic rings. The van der Waals surface area contributed by atoms with Crippen LogP contribution in [0.2, 0.25) is 0 Å². The van der Waals surface area contributed by atoms with E-state index in [4.69, 9.17) is 4.74 Å². The average Bonchev–Trinajstić information content (AvgIpc) is 2.36. The van der Waals surface area contributed by atoms with Gasteiger partial charge in [0.15, 0.2) is 11.6 Å². The molecule has 102 valence electrons. The van der Waals surface area contributed by atoms with Gasteiger partial charge < -0.3 is 10.1 Å². The summed E-state index contributed by atoms with van der Waals surface area (Å²) in [5.74, 6) is 0.611. The van der Waals surface area contributed by atoms with Gasteiger partial charge >= 0.3 is 0 Å². The number of halogens is 1. The van der Waals surface area contributed by atoms with E-state index in [1.807, 2.05) is 13.1 Å². The molecule has 1 aromatic carbocycles. The van der Waals surface area contributed by atoms with Crippen LogP contribution in [0, 0.1) is 11.7 Å². The lowest BCUT2D eigenvalue weighted by atomic mass is 9.91. The van der Waals surface area contributed by atoms with E-state index in [1.54, 1.807) is 12.1 Å². The zero-order valence-corrected chi connectivity index (χ0v) is 11.8. The highest BCUT2D eigenvalue weighted by molar-refractivity contribution is 5.29. The van der Waals surface area contributed by atoms with Gasteiger partial charge in [-0.3, -0.25) is 0 Å². The fourth-order valence-corrected chi connectivity index (χ4v) is 2.34. The number of hydrogen-bond acceptors (Lipinski definition) is 2. The summed E-state index contributed by atoms with van der Waals surface area (Å²) in [4.78, 5) is 0. The summed E-state index contributed by atoms with van der Waals surface area (Å²) in [5.41, 5.74) is 1.01. The Hall–Kier alpha value is -1.09. The summed E-state index contributed by atoms with van der Waals surface area (Å²) in [6.07, 6.45) is 3.21. The molecule has 3 heteroatoms. The molecule has 0 aromatic heterocycles. The van der Waals surface area contributed by atoms with Gasteiger partial charge in [-0.05, 0) is 43.5 Å². The number of benzene rings is 1. The third-order valence-electron chi connectivity index (χ3n) is 3.47. The molecule has 0 bridgehead atoms. The number of nitrogens with one attached hydrogen (secondary N) is 1. The third-order valence-corrected chi connectivity index (χ3v) is 3.47. The first-order valence-corrected chi connectivity index (χ1v) is 6.62. The van der Waals surface area contributed by atoms with Gasteiger partial charge in [-0.25, -0.2) is 4.39 Å². The molecule has 1 N–H and O–H groups in total. The Morgan fingerprint density at radius 1 is 1.39 bits per heavy atom. The van der Waals surface area contributed by atoms with E-state index in [0.29, 0.717) is 17.7 Å². The lowest BCUT2D eigenvalue weighted by molar-refractivity contribution is 0.369. The summed E-state index contributed by atoms with van der Waals surface area (Å²) >= 11 is 0. The van der Waals surface area contributed by atoms with Crippen molar-refractivity contribution in [3.05, 3.63) is 29.6 Å². The summed E-state index contributed by atoms with van der Waals surface area (Å²) in [6.45, 7) is 4.43. The second kappa shape index (κ2) is 7.37. The molecule has 0 saturated heterocycles. The number of hydrogen-bond donors (Lipinski definition) is 1. The van der Waals surface area contributed by atoms with Gasteiger partial charge in [-0.15, -0.1) is 0 Å². The Kier molecular flexibility index (Phi) is 6.13. The third kappa shape index (κ3) is 3.98. The zero-order chi connectivity index (χ0) is 13.5. The van der Waals surface area contributed by atoms with Crippen molar-refractivity contribution in [2.45, 2.75) is 39.2 Å². The molecule has 18 heavy (non-hydrogen) atoms. The number of likely N-dealkylation sites (N-methyl/N-ethyl adjacent to an activating group) is 1. The van der Waals surface area contributed by atoms with Crippen molar-refractivity contribution < 1.29 is 9.13 Å². The monoisotopic (exact) mass is 253 g/mol. The maximum Gasteiger partial charge on any atom is 0.165 e. The first kappa shape index (κ1) is 15.0. The maximum atomic E-state index is 13.6. The molecular weight excluding hydrogens is 229 g/mol. The fraction of sp³-hybridized carbons (Fsp3) is 0.600. The van der Waals surface area contributed by atoms with Crippen molar-refractivity contribution in [3.8, 4) is 5.75 Å². The molecule has 0 aliphatic carbocycles. The topological polar surface area (TPSA) is 21.3 Å². The molecule has 2 nitrogen and oxygen atoms in total. The minimum absolute atomic E-state index is 0.284. The van der Waals surface area contributed by atoms with Gasteiger partial charge in [0.25, 0.3) is 0 Å². The molecule has 0 amide bonds. The number of rotatable bonds is 7. The van der Waals surface area contributed by atoms with Crippen molar-refractivity contribution in [2.75, 3.05) is 14.2 Å². The minimum Gasteiger partial charge on any atom is -0.494 e. The van der Waals surface area contributed by atoms with E-state index in [2.05, 4.69) is 19.2 Å². The molecule has 0 spiro atoms. The van der Waals surface area contributed by atoms with Gasteiger partial charge in [0.2, 0.25) is 0 Å². The first-order chi connectivity index (χ1) is 8.62. The highest BCUT2D eigenvalue weighted by atomic mass is 19.1. The molecule has 1 rings (SSSR count). The highest BCUT2D eigenvalue weighted by Crippen LogP contribution is 2.20. The summed E-state index contributed by atoms with van der Waals surface area (Å²) in [6, 6.07) is 5.59. The fourth-order valence-electron chi connectivity index (χ4n) is 2.34. The summed E-state index contributed by atoms with van der Waals surface area (Å²) in [5, 5.41) is 3.33. The van der Waals surface area contributed by atoms with Crippen LogP contribution in [-0.2, 0) is 6.42 Å². The van der Waals surface area contributed by atoms with E-state index < -0.39 is 0 Å². The van der Waals surface area contributed by atoms with Gasteiger partial charge in [0, 0.05) is 6.04 Å². The summed E-state index contributed by atoms with van der Waals surface area (Å²) in [7, 11) is 3.45. The standard InChI is InChI=1S/C15H24FNO/c1-5-6-11(2)14(17-3)10-12-7-8-15(18-4)13(16)9-12/h7-9,11,14,17H,5-6,10H2,1-4H3. The molecule has 0 radical (unpaired) electrons. The van der Waals surface area contributed by atoms with E-state index >= 15 is 0 Å². The van der Waals surface area contributed by atoms with Gasteiger partial charge in [-0.1, -0.05) is 26.3 Å².